The third kappa shape index (κ3) is 4.89. The van der Waals surface area contributed by atoms with Crippen molar-refractivity contribution in [3.05, 3.63) is 71.1 Å². The van der Waals surface area contributed by atoms with Crippen LogP contribution >= 0.6 is 11.6 Å². The first-order chi connectivity index (χ1) is 13.4. The highest BCUT2D eigenvalue weighted by atomic mass is 35.5. The van der Waals surface area contributed by atoms with Crippen LogP contribution in [0.2, 0.25) is 5.02 Å². The van der Waals surface area contributed by atoms with E-state index in [1.807, 2.05) is 48.8 Å². The molecule has 1 unspecified atom stereocenters. The Morgan fingerprint density at radius 3 is 2.57 bits per heavy atom. The molecule has 2 heterocycles. The summed E-state index contributed by atoms with van der Waals surface area (Å²) in [5, 5.41) is 6.26. The monoisotopic (exact) mass is 398 g/mol. The summed E-state index contributed by atoms with van der Waals surface area (Å²) in [6.07, 6.45) is 4.50. The highest BCUT2D eigenvalue weighted by Gasteiger charge is 2.24. The van der Waals surface area contributed by atoms with Crippen LogP contribution < -0.4 is 10.6 Å². The van der Waals surface area contributed by atoms with Gasteiger partial charge in [-0.25, -0.2) is 4.98 Å². The summed E-state index contributed by atoms with van der Waals surface area (Å²) in [6, 6.07) is 11.8. The largest absolute Gasteiger partial charge is 0.354 e. The maximum Gasteiger partial charge on any atom is 0.251 e. The van der Waals surface area contributed by atoms with E-state index in [1.54, 1.807) is 24.3 Å². The van der Waals surface area contributed by atoms with E-state index in [0.717, 1.165) is 11.3 Å². The number of imidazole rings is 1. The van der Waals surface area contributed by atoms with Gasteiger partial charge in [0.2, 0.25) is 5.91 Å². The molecule has 6 nitrogen and oxygen atoms in total. The lowest BCUT2D eigenvalue weighted by Gasteiger charge is -2.21. The second-order valence-corrected chi connectivity index (χ2v) is 7.38. The SMILES string of the molecule is CC(C)C(NC(=O)c1ccc(Cl)cc1)C(=O)NCCc1cn2ccccc2n1. The second kappa shape index (κ2) is 8.89. The maximum absolute atomic E-state index is 12.6. The molecule has 0 fully saturated rings. The maximum atomic E-state index is 12.6. The van der Waals surface area contributed by atoms with E-state index >= 15 is 0 Å². The molecule has 0 saturated carbocycles. The van der Waals surface area contributed by atoms with Crippen molar-refractivity contribution in [1.29, 1.82) is 0 Å². The van der Waals surface area contributed by atoms with Gasteiger partial charge in [-0.1, -0.05) is 31.5 Å². The van der Waals surface area contributed by atoms with Crippen LogP contribution in [0.1, 0.15) is 29.9 Å². The normalized spacial score (nSPS) is 12.1. The van der Waals surface area contributed by atoms with E-state index in [2.05, 4.69) is 15.6 Å². The first-order valence-corrected chi connectivity index (χ1v) is 9.58. The molecule has 0 aliphatic heterocycles. The number of amides is 2. The Balaban J connectivity index is 1.56. The molecule has 28 heavy (non-hydrogen) atoms. The smallest absolute Gasteiger partial charge is 0.251 e. The van der Waals surface area contributed by atoms with Gasteiger partial charge < -0.3 is 15.0 Å². The molecule has 2 aromatic heterocycles. The predicted molar refractivity (Wildman–Crippen MR) is 109 cm³/mol. The Morgan fingerprint density at radius 2 is 1.89 bits per heavy atom. The van der Waals surface area contributed by atoms with Gasteiger partial charge in [-0.05, 0) is 42.3 Å². The number of benzene rings is 1. The molecule has 3 aromatic rings. The van der Waals surface area contributed by atoms with Gasteiger partial charge in [-0.3, -0.25) is 9.59 Å². The molecule has 3 rings (SSSR count). The number of fused-ring (bicyclic) bond motifs is 1. The zero-order valence-corrected chi connectivity index (χ0v) is 16.6. The van der Waals surface area contributed by atoms with Crippen molar-refractivity contribution in [1.82, 2.24) is 20.0 Å². The van der Waals surface area contributed by atoms with Gasteiger partial charge in [0.1, 0.15) is 11.7 Å². The molecule has 1 atom stereocenters. The fourth-order valence-corrected chi connectivity index (χ4v) is 3.02. The predicted octanol–water partition coefficient (Wildman–Crippen LogP) is 3.10. The molecule has 0 radical (unpaired) electrons. The van der Waals surface area contributed by atoms with E-state index in [-0.39, 0.29) is 17.7 Å². The van der Waals surface area contributed by atoms with Gasteiger partial charge in [-0.15, -0.1) is 0 Å². The number of halogens is 1. The Kier molecular flexibility index (Phi) is 6.31. The Hall–Kier alpha value is -2.86. The van der Waals surface area contributed by atoms with Crippen LogP contribution in [-0.4, -0.2) is 33.8 Å². The number of hydrogen-bond acceptors (Lipinski definition) is 3. The molecule has 2 amide bonds. The fraction of sp³-hybridized carbons (Fsp3) is 0.286. The van der Waals surface area contributed by atoms with Crippen LogP contribution in [0.4, 0.5) is 0 Å². The minimum absolute atomic E-state index is 0.0496. The summed E-state index contributed by atoms with van der Waals surface area (Å²) in [6.45, 7) is 4.24. The van der Waals surface area contributed by atoms with Crippen molar-refractivity contribution in [2.45, 2.75) is 26.3 Å². The van der Waals surface area contributed by atoms with E-state index in [0.29, 0.717) is 23.6 Å². The average Bonchev–Trinajstić information content (AvgIpc) is 3.08. The van der Waals surface area contributed by atoms with Gasteiger partial charge in [0, 0.05) is 35.9 Å². The minimum Gasteiger partial charge on any atom is -0.354 e. The number of rotatable bonds is 7. The quantitative estimate of drug-likeness (QED) is 0.642. The fourth-order valence-electron chi connectivity index (χ4n) is 2.89. The lowest BCUT2D eigenvalue weighted by Crippen LogP contribution is -2.50. The summed E-state index contributed by atoms with van der Waals surface area (Å²) in [5.41, 5.74) is 2.24. The van der Waals surface area contributed by atoms with Crippen molar-refractivity contribution in [2.75, 3.05) is 6.54 Å². The molecule has 0 aliphatic carbocycles. The average molecular weight is 399 g/mol. The highest BCUT2D eigenvalue weighted by Crippen LogP contribution is 2.11. The van der Waals surface area contributed by atoms with Crippen molar-refractivity contribution >= 4 is 29.1 Å². The van der Waals surface area contributed by atoms with E-state index in [1.165, 1.54) is 0 Å². The number of nitrogens with zero attached hydrogens (tertiary/aromatic N) is 2. The molecule has 0 spiro atoms. The molecule has 0 aliphatic rings. The summed E-state index contributed by atoms with van der Waals surface area (Å²) >= 11 is 5.85. The van der Waals surface area contributed by atoms with Crippen LogP contribution in [0.15, 0.2) is 54.9 Å². The van der Waals surface area contributed by atoms with E-state index in [9.17, 15) is 9.59 Å². The van der Waals surface area contributed by atoms with E-state index < -0.39 is 6.04 Å². The molecule has 1 aromatic carbocycles. The number of carbonyl (C=O) groups is 2. The van der Waals surface area contributed by atoms with Gasteiger partial charge in [0.25, 0.3) is 5.91 Å². The van der Waals surface area contributed by atoms with Gasteiger partial charge in [0.15, 0.2) is 0 Å². The van der Waals surface area contributed by atoms with Gasteiger partial charge in [0.05, 0.1) is 5.69 Å². The Morgan fingerprint density at radius 1 is 1.14 bits per heavy atom. The lowest BCUT2D eigenvalue weighted by atomic mass is 10.0. The van der Waals surface area contributed by atoms with Crippen LogP contribution in [0.25, 0.3) is 5.65 Å². The Bertz CT molecular complexity index is 933. The molecule has 0 saturated heterocycles. The van der Waals surface area contributed by atoms with Gasteiger partial charge in [-0.2, -0.15) is 0 Å². The topological polar surface area (TPSA) is 75.5 Å². The first-order valence-electron chi connectivity index (χ1n) is 9.21. The van der Waals surface area contributed by atoms with Crippen molar-refractivity contribution in [3.8, 4) is 0 Å². The Labute approximate surface area is 168 Å². The lowest BCUT2D eigenvalue weighted by molar-refractivity contribution is -0.123. The molecule has 2 N–H and O–H groups in total. The van der Waals surface area contributed by atoms with Crippen LogP contribution in [0.5, 0.6) is 0 Å². The second-order valence-electron chi connectivity index (χ2n) is 6.94. The third-order valence-corrected chi connectivity index (χ3v) is 4.69. The third-order valence-electron chi connectivity index (χ3n) is 4.44. The highest BCUT2D eigenvalue weighted by molar-refractivity contribution is 6.30. The number of carbonyl (C=O) groups excluding carboxylic acids is 2. The minimum atomic E-state index is -0.621. The molecule has 7 heteroatoms. The molecule has 0 bridgehead atoms. The zero-order chi connectivity index (χ0) is 20.1. The van der Waals surface area contributed by atoms with Crippen LogP contribution in [0.3, 0.4) is 0 Å². The van der Waals surface area contributed by atoms with Crippen LogP contribution in [0, 0.1) is 5.92 Å². The number of aromatic nitrogens is 2. The number of nitrogens with one attached hydrogen (secondary N) is 2. The summed E-state index contributed by atoms with van der Waals surface area (Å²) in [7, 11) is 0. The molecule has 146 valence electrons. The van der Waals surface area contributed by atoms with Crippen LogP contribution in [-0.2, 0) is 11.2 Å². The number of pyridine rings is 1. The zero-order valence-electron chi connectivity index (χ0n) is 15.9. The summed E-state index contributed by atoms with van der Waals surface area (Å²) in [4.78, 5) is 29.5. The summed E-state index contributed by atoms with van der Waals surface area (Å²) < 4.78 is 1.94. The number of hydrogen-bond donors (Lipinski definition) is 2. The molecular weight excluding hydrogens is 376 g/mol. The van der Waals surface area contributed by atoms with E-state index in [4.69, 9.17) is 11.6 Å². The van der Waals surface area contributed by atoms with Gasteiger partial charge >= 0.3 is 0 Å². The first kappa shape index (κ1) is 19.9. The standard InChI is InChI=1S/C21H23ClN4O2/c1-14(2)19(25-20(27)15-6-8-16(22)9-7-15)21(28)23-11-10-17-13-26-12-4-3-5-18(26)24-17/h3-9,12-14,19H,10-11H2,1-2H3,(H,23,28)(H,25,27). The van der Waals surface area contributed by atoms with Crippen molar-refractivity contribution < 1.29 is 9.59 Å². The van der Waals surface area contributed by atoms with Crippen molar-refractivity contribution in [2.24, 2.45) is 5.92 Å². The summed E-state index contributed by atoms with van der Waals surface area (Å²) in [5.74, 6) is -0.557. The molecular formula is C21H23ClN4O2. The van der Waals surface area contributed by atoms with Crippen molar-refractivity contribution in [3.63, 3.8) is 0 Å².